The highest BCUT2D eigenvalue weighted by Crippen LogP contribution is 2.39. The first-order valence-corrected chi connectivity index (χ1v) is 13.5. The molecule has 0 amide bonds. The highest BCUT2D eigenvalue weighted by Gasteiger charge is 2.41. The molecule has 1 fully saturated rings. The Kier molecular flexibility index (Phi) is 7.82. The zero-order chi connectivity index (χ0) is 28.7. The Morgan fingerprint density at radius 3 is 2.38 bits per heavy atom. The number of nitrogens with zero attached hydrogens (tertiary/aromatic N) is 4. The summed E-state index contributed by atoms with van der Waals surface area (Å²) < 4.78 is 34.9. The number of nitrogens with one attached hydrogen (secondary N) is 2. The minimum absolute atomic E-state index is 0.0663. The van der Waals surface area contributed by atoms with Gasteiger partial charge in [0, 0.05) is 42.5 Å². The Morgan fingerprint density at radius 1 is 1.00 bits per heavy atom. The average Bonchev–Trinajstić information content (AvgIpc) is 3.44. The van der Waals surface area contributed by atoms with Gasteiger partial charge < -0.3 is 30.7 Å². The Balaban J connectivity index is 1.54. The molecule has 0 radical (unpaired) electrons. The van der Waals surface area contributed by atoms with E-state index in [1.807, 2.05) is 19.9 Å². The van der Waals surface area contributed by atoms with Crippen LogP contribution in [0.3, 0.4) is 0 Å². The maximum absolute atomic E-state index is 14.5. The summed E-state index contributed by atoms with van der Waals surface area (Å²) >= 11 is 1.44. The van der Waals surface area contributed by atoms with Gasteiger partial charge in [-0.2, -0.15) is 4.98 Å². The van der Waals surface area contributed by atoms with Crippen molar-refractivity contribution in [2.75, 3.05) is 24.4 Å². The molecular weight excluding hydrogens is 542 g/mol. The van der Waals surface area contributed by atoms with Crippen molar-refractivity contribution >= 4 is 33.3 Å². The number of ether oxygens (including phenoxy) is 1. The Morgan fingerprint density at radius 2 is 1.73 bits per heavy atom. The molecule has 1 aliphatic rings. The van der Waals surface area contributed by atoms with E-state index in [0.29, 0.717) is 28.5 Å². The van der Waals surface area contributed by atoms with Crippen LogP contribution >= 0.6 is 11.3 Å². The summed E-state index contributed by atoms with van der Waals surface area (Å²) in [6.07, 6.45) is -1.95. The fraction of sp³-hybridized carbons (Fsp3) is 0.407. The molecule has 1 aromatic carbocycles. The van der Waals surface area contributed by atoms with E-state index in [9.17, 15) is 24.1 Å². The van der Waals surface area contributed by atoms with E-state index in [1.165, 1.54) is 18.4 Å². The molecule has 13 heteroatoms. The summed E-state index contributed by atoms with van der Waals surface area (Å²) in [6.45, 7) is 5.05. The SMILES string of the molecule is COc1cc(F)c(CNc2nc(C)c(-c3nc4c(C)nc(C)cc4s3)c(N[C@@H]3C[C@H](CO)[C@@H](O)[C@H]3O)n2)c(F)c1. The number of aryl methyl sites for hydroxylation is 3. The standard InChI is InChI=1S/C27H30F2N6O4S/c1-11-5-20-22(13(3)31-11)34-26(40-20)21-12(2)32-27(30-9-16-17(28)7-15(39-4)8-18(16)29)35-25(21)33-19-6-14(10-36)23(37)24(19)38/h5,7-8,14,19,23-24,36-38H,6,9-10H2,1-4H3,(H2,30,32,33,35)/t14-,19-,23-,24+/m1/s1. The number of halogens is 2. The Labute approximate surface area is 233 Å². The van der Waals surface area contributed by atoms with Crippen LogP contribution in [0.1, 0.15) is 29.1 Å². The Hall–Kier alpha value is -3.52. The molecule has 0 aliphatic heterocycles. The molecular formula is C27H30F2N6O4S. The minimum atomic E-state index is -1.15. The van der Waals surface area contributed by atoms with Crippen LogP contribution in [0.5, 0.6) is 5.75 Å². The van der Waals surface area contributed by atoms with Gasteiger partial charge >= 0.3 is 0 Å². The number of aromatic nitrogens is 4. The van der Waals surface area contributed by atoms with Crippen molar-refractivity contribution in [1.29, 1.82) is 0 Å². The molecule has 3 aromatic heterocycles. The summed E-state index contributed by atoms with van der Waals surface area (Å²) in [7, 11) is 1.33. The predicted molar refractivity (Wildman–Crippen MR) is 148 cm³/mol. The van der Waals surface area contributed by atoms with Gasteiger partial charge in [-0.25, -0.2) is 18.7 Å². The van der Waals surface area contributed by atoms with E-state index in [0.717, 1.165) is 33.7 Å². The van der Waals surface area contributed by atoms with Crippen LogP contribution in [0.25, 0.3) is 20.8 Å². The fourth-order valence-electron chi connectivity index (χ4n) is 5.01. The van der Waals surface area contributed by atoms with E-state index in [4.69, 9.17) is 9.72 Å². The molecule has 3 heterocycles. The van der Waals surface area contributed by atoms with E-state index in [2.05, 4.69) is 25.6 Å². The van der Waals surface area contributed by atoms with Crippen molar-refractivity contribution in [3.63, 3.8) is 0 Å². The zero-order valence-electron chi connectivity index (χ0n) is 22.4. The molecule has 0 bridgehead atoms. The lowest BCUT2D eigenvalue weighted by Gasteiger charge is -2.21. The number of thiazole rings is 1. The molecule has 0 saturated heterocycles. The van der Waals surface area contributed by atoms with E-state index in [1.54, 1.807) is 6.92 Å². The van der Waals surface area contributed by atoms with Gasteiger partial charge in [-0.1, -0.05) is 0 Å². The van der Waals surface area contributed by atoms with Gasteiger partial charge in [-0.3, -0.25) is 4.98 Å². The van der Waals surface area contributed by atoms with Gasteiger partial charge in [-0.15, -0.1) is 11.3 Å². The van der Waals surface area contributed by atoms with Crippen LogP contribution in [0.4, 0.5) is 20.5 Å². The van der Waals surface area contributed by atoms with Gasteiger partial charge in [0.2, 0.25) is 5.95 Å². The van der Waals surface area contributed by atoms with Crippen molar-refractivity contribution in [1.82, 2.24) is 19.9 Å². The third-order valence-electron chi connectivity index (χ3n) is 7.12. The first-order valence-electron chi connectivity index (χ1n) is 12.7. The minimum Gasteiger partial charge on any atom is -0.497 e. The predicted octanol–water partition coefficient (Wildman–Crippen LogP) is 3.49. The molecule has 212 valence electrons. The average molecular weight is 573 g/mol. The molecule has 1 aliphatic carbocycles. The largest absolute Gasteiger partial charge is 0.497 e. The van der Waals surface area contributed by atoms with Crippen molar-refractivity contribution in [3.8, 4) is 16.3 Å². The lowest BCUT2D eigenvalue weighted by atomic mass is 10.1. The van der Waals surface area contributed by atoms with Gasteiger partial charge in [-0.05, 0) is 33.3 Å². The van der Waals surface area contributed by atoms with Gasteiger partial charge in [0.15, 0.2) is 0 Å². The molecule has 4 aromatic rings. The van der Waals surface area contributed by atoms with E-state index in [-0.39, 0.29) is 30.4 Å². The van der Waals surface area contributed by atoms with Crippen LogP contribution in [0, 0.1) is 38.3 Å². The molecule has 0 spiro atoms. The van der Waals surface area contributed by atoms with Gasteiger partial charge in [0.05, 0.1) is 40.9 Å². The van der Waals surface area contributed by atoms with E-state index < -0.39 is 35.8 Å². The zero-order valence-corrected chi connectivity index (χ0v) is 23.2. The monoisotopic (exact) mass is 572 g/mol. The number of anilines is 2. The summed E-state index contributed by atoms with van der Waals surface area (Å²) in [5.74, 6) is -1.57. The van der Waals surface area contributed by atoms with Crippen molar-refractivity contribution < 1.29 is 28.8 Å². The Bertz CT molecular complexity index is 1550. The number of aliphatic hydroxyl groups excluding tert-OH is 3. The number of pyridine rings is 1. The van der Waals surface area contributed by atoms with E-state index >= 15 is 0 Å². The second-order valence-electron chi connectivity index (χ2n) is 9.90. The molecule has 1 saturated carbocycles. The third kappa shape index (κ3) is 5.29. The molecule has 5 rings (SSSR count). The number of rotatable bonds is 8. The van der Waals surface area contributed by atoms with Crippen LogP contribution in [0.2, 0.25) is 0 Å². The van der Waals surface area contributed by atoms with Gasteiger partial charge in [0.1, 0.15) is 39.8 Å². The summed E-state index contributed by atoms with van der Waals surface area (Å²) in [6, 6.07) is 3.52. The number of hydrogen-bond acceptors (Lipinski definition) is 11. The van der Waals surface area contributed by atoms with Gasteiger partial charge in [0.25, 0.3) is 0 Å². The van der Waals surface area contributed by atoms with Crippen molar-refractivity contribution in [2.24, 2.45) is 5.92 Å². The fourth-order valence-corrected chi connectivity index (χ4v) is 6.22. The lowest BCUT2D eigenvalue weighted by molar-refractivity contribution is 0.00446. The van der Waals surface area contributed by atoms with Crippen molar-refractivity contribution in [3.05, 3.63) is 52.5 Å². The van der Waals surface area contributed by atoms with Crippen LogP contribution in [-0.2, 0) is 6.54 Å². The van der Waals surface area contributed by atoms with Crippen molar-refractivity contribution in [2.45, 2.75) is 52.0 Å². The first kappa shape index (κ1) is 28.0. The molecule has 4 atom stereocenters. The maximum atomic E-state index is 14.5. The number of aliphatic hydroxyl groups is 3. The number of fused-ring (bicyclic) bond motifs is 1. The second kappa shape index (κ2) is 11.2. The lowest BCUT2D eigenvalue weighted by Crippen LogP contribution is -2.35. The quantitative estimate of drug-likeness (QED) is 0.213. The van der Waals surface area contributed by atoms with Crippen LogP contribution in [0.15, 0.2) is 18.2 Å². The second-order valence-corrected chi connectivity index (χ2v) is 10.9. The molecule has 40 heavy (non-hydrogen) atoms. The smallest absolute Gasteiger partial charge is 0.225 e. The summed E-state index contributed by atoms with van der Waals surface area (Å²) in [4.78, 5) is 18.4. The normalized spacial score (nSPS) is 20.7. The number of methoxy groups -OCH3 is 1. The van der Waals surface area contributed by atoms with Crippen LogP contribution in [-0.4, -0.2) is 67.2 Å². The topological polar surface area (TPSA) is 146 Å². The molecule has 10 nitrogen and oxygen atoms in total. The first-order chi connectivity index (χ1) is 19.1. The molecule has 5 N–H and O–H groups in total. The summed E-state index contributed by atoms with van der Waals surface area (Å²) in [5.41, 5.74) is 3.31. The summed E-state index contributed by atoms with van der Waals surface area (Å²) in [5, 5.41) is 37.4. The van der Waals surface area contributed by atoms with Crippen LogP contribution < -0.4 is 15.4 Å². The third-order valence-corrected chi connectivity index (χ3v) is 8.14. The highest BCUT2D eigenvalue weighted by molar-refractivity contribution is 7.21. The molecule has 0 unspecified atom stereocenters. The number of benzene rings is 1. The maximum Gasteiger partial charge on any atom is 0.225 e. The highest BCUT2D eigenvalue weighted by atomic mass is 32.1. The number of hydrogen-bond donors (Lipinski definition) is 5.